The number of fused-ring (bicyclic) bond motifs is 3. The number of urea groups is 1. The van der Waals surface area contributed by atoms with Crippen molar-refractivity contribution in [1.82, 2.24) is 29.7 Å². The second kappa shape index (κ2) is 9.50. The molecule has 4 aromatic rings. The summed E-state index contributed by atoms with van der Waals surface area (Å²) in [6.07, 6.45) is 5.35. The van der Waals surface area contributed by atoms with Crippen molar-refractivity contribution in [1.29, 1.82) is 0 Å². The number of benzene rings is 1. The third kappa shape index (κ3) is 4.51. The van der Waals surface area contributed by atoms with E-state index < -0.39 is 0 Å². The highest BCUT2D eigenvalue weighted by molar-refractivity contribution is 6.07. The molecule has 5 rings (SSSR count). The topological polar surface area (TPSA) is 122 Å². The predicted molar refractivity (Wildman–Crippen MR) is 137 cm³/mol. The Morgan fingerprint density at radius 3 is 2.69 bits per heavy atom. The molecule has 9 heteroatoms. The first-order valence-electron chi connectivity index (χ1n) is 12.1. The Morgan fingerprint density at radius 2 is 2.00 bits per heavy atom. The first kappa shape index (κ1) is 23.0. The number of amides is 2. The molecular weight excluding hydrogens is 442 g/mol. The number of piperidine rings is 1. The van der Waals surface area contributed by atoms with Crippen molar-refractivity contribution in [3.63, 3.8) is 0 Å². The van der Waals surface area contributed by atoms with Crippen molar-refractivity contribution < 1.29 is 9.90 Å². The highest BCUT2D eigenvalue weighted by Crippen LogP contribution is 2.33. The van der Waals surface area contributed by atoms with Crippen LogP contribution < -0.4 is 11.1 Å². The number of nitrogens with one attached hydrogen (secondary N) is 1. The number of nitrogens with zero attached hydrogens (tertiary/aromatic N) is 5. The van der Waals surface area contributed by atoms with Gasteiger partial charge in [0.15, 0.2) is 5.82 Å². The van der Waals surface area contributed by atoms with Gasteiger partial charge in [0.05, 0.1) is 11.0 Å². The van der Waals surface area contributed by atoms with E-state index in [9.17, 15) is 9.90 Å². The van der Waals surface area contributed by atoms with Gasteiger partial charge in [0.2, 0.25) is 0 Å². The number of likely N-dealkylation sites (tertiary alicyclic amines) is 1. The van der Waals surface area contributed by atoms with Crippen molar-refractivity contribution in [2.24, 2.45) is 5.92 Å². The number of hydrogen-bond acceptors (Lipinski definition) is 6. The summed E-state index contributed by atoms with van der Waals surface area (Å²) in [4.78, 5) is 27.7. The Morgan fingerprint density at radius 1 is 1.20 bits per heavy atom. The molecule has 2 amide bonds. The summed E-state index contributed by atoms with van der Waals surface area (Å²) >= 11 is 0. The number of aromatic nitrogens is 4. The van der Waals surface area contributed by atoms with E-state index in [1.807, 2.05) is 49.2 Å². The fourth-order valence-corrected chi connectivity index (χ4v) is 4.90. The zero-order chi connectivity index (χ0) is 24.5. The SMILES string of the molecule is CC(C)NC(=O)N1CCC(Cn2c(CO)nc3c(N)nc4cc(-c5cccnc5)ccc4c32)CC1. The van der Waals surface area contributed by atoms with Gasteiger partial charge in [0.25, 0.3) is 0 Å². The molecule has 0 aliphatic carbocycles. The molecule has 0 bridgehead atoms. The van der Waals surface area contributed by atoms with Crippen molar-refractivity contribution in [3.05, 3.63) is 48.5 Å². The molecule has 1 aliphatic rings. The van der Waals surface area contributed by atoms with Crippen molar-refractivity contribution in [2.45, 2.75) is 45.9 Å². The molecule has 4 N–H and O–H groups in total. The first-order valence-corrected chi connectivity index (χ1v) is 12.1. The molecule has 4 heterocycles. The van der Waals surface area contributed by atoms with Crippen LogP contribution in [0.25, 0.3) is 33.1 Å². The zero-order valence-electron chi connectivity index (χ0n) is 20.1. The molecule has 0 radical (unpaired) electrons. The molecule has 0 spiro atoms. The second-order valence-corrected chi connectivity index (χ2v) is 9.50. The average Bonchev–Trinajstić information content (AvgIpc) is 3.23. The van der Waals surface area contributed by atoms with E-state index in [1.165, 1.54) is 0 Å². The molecule has 35 heavy (non-hydrogen) atoms. The van der Waals surface area contributed by atoms with E-state index in [0.717, 1.165) is 40.4 Å². The number of rotatable bonds is 5. The van der Waals surface area contributed by atoms with E-state index in [1.54, 1.807) is 6.20 Å². The molecule has 1 aliphatic heterocycles. The monoisotopic (exact) mass is 473 g/mol. The summed E-state index contributed by atoms with van der Waals surface area (Å²) in [5.41, 5.74) is 10.7. The van der Waals surface area contributed by atoms with Crippen LogP contribution in [0.5, 0.6) is 0 Å². The van der Waals surface area contributed by atoms with Crippen LogP contribution in [0, 0.1) is 5.92 Å². The highest BCUT2D eigenvalue weighted by Gasteiger charge is 2.26. The van der Waals surface area contributed by atoms with Crippen LogP contribution in [0.15, 0.2) is 42.7 Å². The number of imidazole rings is 1. The van der Waals surface area contributed by atoms with E-state index in [4.69, 9.17) is 5.73 Å². The number of carbonyl (C=O) groups excluding carboxylic acids is 1. The van der Waals surface area contributed by atoms with E-state index in [-0.39, 0.29) is 18.7 Å². The lowest BCUT2D eigenvalue weighted by Gasteiger charge is -2.33. The summed E-state index contributed by atoms with van der Waals surface area (Å²) in [6, 6.07) is 10.2. The van der Waals surface area contributed by atoms with Crippen LogP contribution in [0.1, 0.15) is 32.5 Å². The fraction of sp³-hybridized carbons (Fsp3) is 0.385. The lowest BCUT2D eigenvalue weighted by Crippen LogP contribution is -2.46. The smallest absolute Gasteiger partial charge is 0.317 e. The summed E-state index contributed by atoms with van der Waals surface area (Å²) in [5.74, 6) is 1.29. The highest BCUT2D eigenvalue weighted by atomic mass is 16.3. The first-order chi connectivity index (χ1) is 16.9. The van der Waals surface area contributed by atoms with E-state index in [2.05, 4.69) is 30.9 Å². The molecule has 1 aromatic carbocycles. The van der Waals surface area contributed by atoms with Crippen LogP contribution in [-0.4, -0.2) is 54.7 Å². The van der Waals surface area contributed by atoms with Gasteiger partial charge < -0.3 is 25.6 Å². The Hall–Kier alpha value is -3.72. The van der Waals surface area contributed by atoms with E-state index >= 15 is 0 Å². The molecule has 9 nitrogen and oxygen atoms in total. The molecule has 0 atom stereocenters. The zero-order valence-corrected chi connectivity index (χ0v) is 20.1. The summed E-state index contributed by atoms with van der Waals surface area (Å²) in [6.45, 7) is 5.88. The number of carbonyl (C=O) groups is 1. The summed E-state index contributed by atoms with van der Waals surface area (Å²) in [7, 11) is 0. The molecule has 182 valence electrons. The maximum Gasteiger partial charge on any atom is 0.317 e. The molecule has 1 saturated heterocycles. The largest absolute Gasteiger partial charge is 0.388 e. The summed E-state index contributed by atoms with van der Waals surface area (Å²) < 4.78 is 2.09. The fourth-order valence-electron chi connectivity index (χ4n) is 4.90. The Labute approximate surface area is 204 Å². The minimum absolute atomic E-state index is 0.00293. The standard InChI is InChI=1S/C26H31N7O2/c1-16(2)29-26(35)32-10-7-17(8-11-32)14-33-22(15-34)31-23-24(33)20-6-5-18(12-21(20)30-25(23)27)19-4-3-9-28-13-19/h3-6,9,12-13,16-17,34H,7-8,10-11,14-15H2,1-2H3,(H2,27,30)(H,29,35). The van der Waals surface area contributed by atoms with Gasteiger partial charge in [-0.05, 0) is 50.3 Å². The maximum absolute atomic E-state index is 12.4. The second-order valence-electron chi connectivity index (χ2n) is 9.50. The van der Waals surface area contributed by atoms with Gasteiger partial charge in [-0.1, -0.05) is 18.2 Å². The van der Waals surface area contributed by atoms with Gasteiger partial charge in [0, 0.05) is 49.0 Å². The lowest BCUT2D eigenvalue weighted by atomic mass is 9.96. The summed E-state index contributed by atoms with van der Waals surface area (Å²) in [5, 5.41) is 14.0. The number of anilines is 1. The number of nitrogens with two attached hydrogens (primary N) is 1. The minimum Gasteiger partial charge on any atom is -0.388 e. The van der Waals surface area contributed by atoms with Crippen molar-refractivity contribution >= 4 is 33.8 Å². The van der Waals surface area contributed by atoms with Crippen LogP contribution in [0.4, 0.5) is 10.6 Å². The average molecular weight is 474 g/mol. The van der Waals surface area contributed by atoms with Crippen LogP contribution in [0.3, 0.4) is 0 Å². The number of nitrogen functional groups attached to an aromatic ring is 1. The Kier molecular flexibility index (Phi) is 6.25. The van der Waals surface area contributed by atoms with Crippen LogP contribution in [0.2, 0.25) is 0 Å². The van der Waals surface area contributed by atoms with Gasteiger partial charge in [-0.15, -0.1) is 0 Å². The minimum atomic E-state index is -0.182. The number of aliphatic hydroxyl groups excluding tert-OH is 1. The number of hydrogen-bond donors (Lipinski definition) is 3. The predicted octanol–water partition coefficient (Wildman–Crippen LogP) is 3.55. The van der Waals surface area contributed by atoms with Crippen molar-refractivity contribution in [2.75, 3.05) is 18.8 Å². The third-order valence-corrected chi connectivity index (χ3v) is 6.67. The molecule has 1 fully saturated rings. The van der Waals surface area contributed by atoms with Gasteiger partial charge in [0.1, 0.15) is 17.9 Å². The normalized spacial score (nSPS) is 14.8. The maximum atomic E-state index is 12.4. The molecule has 0 saturated carbocycles. The molecule has 3 aromatic heterocycles. The lowest BCUT2D eigenvalue weighted by molar-refractivity contribution is 0.163. The third-order valence-electron chi connectivity index (χ3n) is 6.67. The van der Waals surface area contributed by atoms with Crippen LogP contribution >= 0.6 is 0 Å². The van der Waals surface area contributed by atoms with Gasteiger partial charge in [-0.3, -0.25) is 4.98 Å². The van der Waals surface area contributed by atoms with Crippen molar-refractivity contribution in [3.8, 4) is 11.1 Å². The quantitative estimate of drug-likeness (QED) is 0.407. The molecular formula is C26H31N7O2. The van der Waals surface area contributed by atoms with Crippen LogP contribution in [-0.2, 0) is 13.2 Å². The van der Waals surface area contributed by atoms with Gasteiger partial charge in [-0.2, -0.15) is 0 Å². The van der Waals surface area contributed by atoms with Gasteiger partial charge >= 0.3 is 6.03 Å². The number of pyridine rings is 2. The Bertz CT molecular complexity index is 1360. The van der Waals surface area contributed by atoms with Gasteiger partial charge in [-0.25, -0.2) is 14.8 Å². The number of aliphatic hydroxyl groups is 1. The molecule has 0 unspecified atom stereocenters. The van der Waals surface area contributed by atoms with E-state index in [0.29, 0.717) is 42.7 Å². The Balaban J connectivity index is 1.48.